The summed E-state index contributed by atoms with van der Waals surface area (Å²) in [5.74, 6) is 0.771. The number of sulfonamides is 1. The smallest absolute Gasteiger partial charge is 0.243 e. The fourth-order valence-corrected chi connectivity index (χ4v) is 4.10. The van der Waals surface area contributed by atoms with Crippen molar-refractivity contribution in [3.8, 4) is 0 Å². The summed E-state index contributed by atoms with van der Waals surface area (Å²) in [6, 6.07) is 2.70. The molecule has 1 heterocycles. The van der Waals surface area contributed by atoms with E-state index in [9.17, 15) is 8.42 Å². The van der Waals surface area contributed by atoms with Crippen molar-refractivity contribution < 1.29 is 8.42 Å². The minimum atomic E-state index is -3.81. The van der Waals surface area contributed by atoms with Crippen molar-refractivity contribution in [2.45, 2.75) is 11.3 Å². The molecule has 1 aromatic heterocycles. The number of nitrogens with zero attached hydrogens (tertiary/aromatic N) is 2. The summed E-state index contributed by atoms with van der Waals surface area (Å²) in [6.07, 6.45) is 3.89. The van der Waals surface area contributed by atoms with Crippen LogP contribution in [0.15, 0.2) is 29.4 Å². The lowest BCUT2D eigenvalue weighted by molar-refractivity contribution is 0.580. The van der Waals surface area contributed by atoms with Crippen LogP contribution >= 0.6 is 23.2 Å². The molecule has 2 rings (SSSR count). The van der Waals surface area contributed by atoms with Gasteiger partial charge in [0, 0.05) is 38.1 Å². The van der Waals surface area contributed by atoms with Crippen molar-refractivity contribution in [2.75, 3.05) is 12.3 Å². The van der Waals surface area contributed by atoms with Gasteiger partial charge in [-0.2, -0.15) is 0 Å². The maximum atomic E-state index is 12.3. The highest BCUT2D eigenvalue weighted by atomic mass is 35.5. The average molecular weight is 349 g/mol. The zero-order valence-corrected chi connectivity index (χ0v) is 13.5. The van der Waals surface area contributed by atoms with Crippen molar-refractivity contribution in [2.24, 2.45) is 7.05 Å². The Hall–Kier alpha value is -1.28. The highest BCUT2D eigenvalue weighted by Crippen LogP contribution is 2.31. The molecule has 114 valence electrons. The number of aryl methyl sites for hydroxylation is 1. The monoisotopic (exact) mass is 348 g/mol. The van der Waals surface area contributed by atoms with Gasteiger partial charge < -0.3 is 10.3 Å². The van der Waals surface area contributed by atoms with E-state index in [0.717, 1.165) is 5.82 Å². The van der Waals surface area contributed by atoms with E-state index in [1.54, 1.807) is 12.4 Å². The molecule has 0 saturated heterocycles. The van der Waals surface area contributed by atoms with Crippen LogP contribution in [0, 0.1) is 0 Å². The molecule has 0 saturated carbocycles. The van der Waals surface area contributed by atoms with Gasteiger partial charge >= 0.3 is 0 Å². The van der Waals surface area contributed by atoms with E-state index in [2.05, 4.69) is 9.71 Å². The zero-order chi connectivity index (χ0) is 15.6. The molecule has 0 aliphatic heterocycles. The second-order valence-electron chi connectivity index (χ2n) is 4.42. The molecule has 0 bridgehead atoms. The second-order valence-corrected chi connectivity index (χ2v) is 6.93. The van der Waals surface area contributed by atoms with Crippen molar-refractivity contribution >= 4 is 38.9 Å². The van der Waals surface area contributed by atoms with Crippen molar-refractivity contribution in [1.82, 2.24) is 14.3 Å². The molecular formula is C12H14Cl2N4O2S. The highest BCUT2D eigenvalue weighted by molar-refractivity contribution is 7.89. The third-order valence-electron chi connectivity index (χ3n) is 2.85. The number of nitrogens with two attached hydrogens (primary N) is 1. The van der Waals surface area contributed by atoms with Crippen LogP contribution in [0.3, 0.4) is 0 Å². The van der Waals surface area contributed by atoms with Gasteiger partial charge in [0.2, 0.25) is 10.0 Å². The Morgan fingerprint density at radius 2 is 1.95 bits per heavy atom. The van der Waals surface area contributed by atoms with E-state index in [1.807, 2.05) is 11.6 Å². The standard InChI is InChI=1S/C12H14Cl2N4O2S/c1-18-5-4-16-11(18)2-3-17-21(19,20)12-9(13)6-8(15)7-10(12)14/h4-7,17H,2-3,15H2,1H3. The summed E-state index contributed by atoms with van der Waals surface area (Å²) >= 11 is 11.8. The number of nitrogens with one attached hydrogen (secondary N) is 1. The van der Waals surface area contributed by atoms with Gasteiger partial charge in [-0.15, -0.1) is 0 Å². The van der Waals surface area contributed by atoms with Crippen molar-refractivity contribution in [3.63, 3.8) is 0 Å². The molecule has 0 aliphatic carbocycles. The van der Waals surface area contributed by atoms with Gasteiger partial charge in [0.05, 0.1) is 10.0 Å². The second kappa shape index (κ2) is 6.23. The number of nitrogen functional groups attached to an aromatic ring is 1. The van der Waals surface area contributed by atoms with Crippen LogP contribution < -0.4 is 10.5 Å². The van der Waals surface area contributed by atoms with Gasteiger partial charge in [0.15, 0.2) is 0 Å². The Kier molecular flexibility index (Phi) is 4.77. The summed E-state index contributed by atoms with van der Waals surface area (Å²) < 4.78 is 28.8. The summed E-state index contributed by atoms with van der Waals surface area (Å²) in [6.45, 7) is 0.185. The molecule has 0 amide bonds. The lowest BCUT2D eigenvalue weighted by Crippen LogP contribution is -2.27. The predicted molar refractivity (Wildman–Crippen MR) is 83.0 cm³/mol. The van der Waals surface area contributed by atoms with Crippen LogP contribution in [0.2, 0.25) is 10.0 Å². The number of rotatable bonds is 5. The third-order valence-corrected chi connectivity index (χ3v) is 5.23. The maximum absolute atomic E-state index is 12.3. The first-order valence-electron chi connectivity index (χ1n) is 6.01. The Morgan fingerprint density at radius 3 is 2.48 bits per heavy atom. The van der Waals surface area contributed by atoms with Gasteiger partial charge in [-0.1, -0.05) is 23.2 Å². The minimum absolute atomic E-state index is 0.00973. The SMILES string of the molecule is Cn1ccnc1CCNS(=O)(=O)c1c(Cl)cc(N)cc1Cl. The molecule has 0 radical (unpaired) electrons. The molecule has 21 heavy (non-hydrogen) atoms. The Morgan fingerprint density at radius 1 is 1.33 bits per heavy atom. The number of imidazole rings is 1. The van der Waals surface area contributed by atoms with Crippen LogP contribution in [0.25, 0.3) is 0 Å². The topological polar surface area (TPSA) is 90.0 Å². The normalized spacial score (nSPS) is 11.8. The fourth-order valence-electron chi connectivity index (χ4n) is 1.84. The molecular weight excluding hydrogens is 335 g/mol. The first-order chi connectivity index (χ1) is 9.81. The summed E-state index contributed by atoms with van der Waals surface area (Å²) in [5, 5.41) is -0.0195. The van der Waals surface area contributed by atoms with Crippen LogP contribution in [-0.2, 0) is 23.5 Å². The van der Waals surface area contributed by atoms with Crippen LogP contribution in [0.5, 0.6) is 0 Å². The number of hydrogen-bond acceptors (Lipinski definition) is 4. The molecule has 2 aromatic rings. The molecule has 0 atom stereocenters. The number of halogens is 2. The van der Waals surface area contributed by atoms with Gasteiger partial charge in [-0.25, -0.2) is 18.1 Å². The molecule has 3 N–H and O–H groups in total. The molecule has 0 aliphatic rings. The van der Waals surface area contributed by atoms with Crippen LogP contribution in [-0.4, -0.2) is 24.5 Å². The van der Waals surface area contributed by atoms with Crippen molar-refractivity contribution in [1.29, 1.82) is 0 Å². The van der Waals surface area contributed by atoms with E-state index in [1.165, 1.54) is 12.1 Å². The molecule has 1 aromatic carbocycles. The lowest BCUT2D eigenvalue weighted by Gasteiger charge is -2.10. The average Bonchev–Trinajstić information content (AvgIpc) is 2.73. The quantitative estimate of drug-likeness (QED) is 0.806. The van der Waals surface area contributed by atoms with E-state index in [0.29, 0.717) is 12.1 Å². The number of benzene rings is 1. The van der Waals surface area contributed by atoms with E-state index in [-0.39, 0.29) is 21.5 Å². The zero-order valence-electron chi connectivity index (χ0n) is 11.2. The molecule has 0 unspecified atom stereocenters. The van der Waals surface area contributed by atoms with Crippen LogP contribution in [0.4, 0.5) is 5.69 Å². The first kappa shape index (κ1) is 16.1. The van der Waals surface area contributed by atoms with E-state index in [4.69, 9.17) is 28.9 Å². The molecule has 9 heteroatoms. The van der Waals surface area contributed by atoms with E-state index < -0.39 is 10.0 Å². The third kappa shape index (κ3) is 3.68. The number of hydrogen-bond donors (Lipinski definition) is 2. The Balaban J connectivity index is 2.14. The molecule has 6 nitrogen and oxygen atoms in total. The number of aromatic nitrogens is 2. The van der Waals surface area contributed by atoms with E-state index >= 15 is 0 Å². The summed E-state index contributed by atoms with van der Waals surface area (Å²) in [5.41, 5.74) is 5.86. The predicted octanol–water partition coefficient (Wildman–Crippen LogP) is 1.83. The van der Waals surface area contributed by atoms with Gasteiger partial charge in [0.25, 0.3) is 0 Å². The highest BCUT2D eigenvalue weighted by Gasteiger charge is 2.22. The number of anilines is 1. The Bertz CT molecular complexity index is 735. The molecule has 0 fully saturated rings. The largest absolute Gasteiger partial charge is 0.399 e. The summed E-state index contributed by atoms with van der Waals surface area (Å²) in [4.78, 5) is 3.95. The minimum Gasteiger partial charge on any atom is -0.399 e. The van der Waals surface area contributed by atoms with Crippen LogP contribution in [0.1, 0.15) is 5.82 Å². The van der Waals surface area contributed by atoms with Gasteiger partial charge in [-0.3, -0.25) is 0 Å². The van der Waals surface area contributed by atoms with Gasteiger partial charge in [0.1, 0.15) is 10.7 Å². The maximum Gasteiger partial charge on any atom is 0.243 e. The first-order valence-corrected chi connectivity index (χ1v) is 8.25. The Labute approximate surface area is 132 Å². The van der Waals surface area contributed by atoms with Gasteiger partial charge in [-0.05, 0) is 12.1 Å². The molecule has 0 spiro atoms. The fraction of sp³-hybridized carbons (Fsp3) is 0.250. The lowest BCUT2D eigenvalue weighted by atomic mass is 10.3. The van der Waals surface area contributed by atoms with Crippen molar-refractivity contribution in [3.05, 3.63) is 40.4 Å². The summed E-state index contributed by atoms with van der Waals surface area (Å²) in [7, 11) is -1.97.